The van der Waals surface area contributed by atoms with E-state index in [0.717, 1.165) is 31.6 Å². The third kappa shape index (κ3) is 3.09. The Kier molecular flexibility index (Phi) is 4.69. The minimum Gasteiger partial charge on any atom is -0.465 e. The maximum absolute atomic E-state index is 13.0. The van der Waals surface area contributed by atoms with Crippen molar-refractivity contribution in [2.24, 2.45) is 5.41 Å². The Morgan fingerprint density at radius 3 is 2.52 bits per heavy atom. The van der Waals surface area contributed by atoms with Crippen molar-refractivity contribution < 1.29 is 14.0 Å². The molecule has 1 atom stereocenters. The number of likely N-dealkylation sites (tertiary alicyclic amines) is 2. The minimum atomic E-state index is -0.378. The molecule has 1 aromatic heterocycles. The predicted molar refractivity (Wildman–Crippen MR) is 96.6 cm³/mol. The fourth-order valence-electron chi connectivity index (χ4n) is 4.19. The van der Waals surface area contributed by atoms with Gasteiger partial charge in [0.05, 0.1) is 11.0 Å². The third-order valence-corrected chi connectivity index (χ3v) is 5.77. The lowest BCUT2D eigenvalue weighted by Gasteiger charge is -2.41. The van der Waals surface area contributed by atoms with Crippen molar-refractivity contribution in [3.63, 3.8) is 0 Å². The van der Waals surface area contributed by atoms with Crippen LogP contribution >= 0.6 is 0 Å². The number of nitrogens with zero attached hydrogens (tertiary/aromatic N) is 2. The Hall–Kier alpha value is -1.78. The Bertz CT molecular complexity index is 676. The molecule has 2 amide bonds. The number of carbonyl (C=O) groups excluding carboxylic acids is 2. The van der Waals surface area contributed by atoms with E-state index in [1.807, 2.05) is 22.8 Å². The first-order chi connectivity index (χ1) is 11.7. The standard InChI is InChI=1S/C20H30N2O3/c1-13(2)17-11-16(15(5)25-17)18(23)21-10-8-20(12-21)7-6-9-22(14(3)4)19(20)24/h11,13-14H,6-10,12H2,1-5H3. The van der Waals surface area contributed by atoms with Crippen molar-refractivity contribution in [2.75, 3.05) is 19.6 Å². The molecule has 138 valence electrons. The van der Waals surface area contributed by atoms with E-state index in [1.165, 1.54) is 0 Å². The number of rotatable bonds is 3. The van der Waals surface area contributed by atoms with E-state index >= 15 is 0 Å². The van der Waals surface area contributed by atoms with Gasteiger partial charge >= 0.3 is 0 Å². The molecule has 5 heteroatoms. The fraction of sp³-hybridized carbons (Fsp3) is 0.700. The number of piperidine rings is 1. The summed E-state index contributed by atoms with van der Waals surface area (Å²) in [6, 6.07) is 2.09. The van der Waals surface area contributed by atoms with E-state index in [9.17, 15) is 9.59 Å². The highest BCUT2D eigenvalue weighted by atomic mass is 16.3. The van der Waals surface area contributed by atoms with Crippen molar-refractivity contribution in [1.29, 1.82) is 0 Å². The summed E-state index contributed by atoms with van der Waals surface area (Å²) in [5.41, 5.74) is 0.265. The van der Waals surface area contributed by atoms with Gasteiger partial charge in [-0.25, -0.2) is 0 Å². The number of furan rings is 1. The van der Waals surface area contributed by atoms with E-state index in [1.54, 1.807) is 0 Å². The smallest absolute Gasteiger partial charge is 0.257 e. The molecule has 0 N–H and O–H groups in total. The molecule has 0 saturated carbocycles. The monoisotopic (exact) mass is 346 g/mol. The highest BCUT2D eigenvalue weighted by Gasteiger charge is 2.50. The van der Waals surface area contributed by atoms with Gasteiger partial charge in [-0.1, -0.05) is 13.8 Å². The van der Waals surface area contributed by atoms with Gasteiger partial charge in [-0.3, -0.25) is 9.59 Å². The summed E-state index contributed by atoms with van der Waals surface area (Å²) < 4.78 is 5.74. The van der Waals surface area contributed by atoms with Gasteiger partial charge in [-0.2, -0.15) is 0 Å². The van der Waals surface area contributed by atoms with Crippen LogP contribution in [0.5, 0.6) is 0 Å². The van der Waals surface area contributed by atoms with Crippen molar-refractivity contribution in [1.82, 2.24) is 9.80 Å². The normalized spacial score (nSPS) is 24.2. The molecular formula is C20H30N2O3. The van der Waals surface area contributed by atoms with Crippen LogP contribution in [0, 0.1) is 12.3 Å². The Balaban J connectivity index is 1.78. The van der Waals surface area contributed by atoms with Gasteiger partial charge < -0.3 is 14.2 Å². The molecule has 2 fully saturated rings. The summed E-state index contributed by atoms with van der Waals surface area (Å²) in [5, 5.41) is 0. The van der Waals surface area contributed by atoms with Gasteiger partial charge in [-0.05, 0) is 46.1 Å². The number of hydrogen-bond donors (Lipinski definition) is 0. The maximum atomic E-state index is 13.0. The van der Waals surface area contributed by atoms with Gasteiger partial charge in [0.15, 0.2) is 0 Å². The van der Waals surface area contributed by atoms with Crippen LogP contribution in [0.1, 0.15) is 74.8 Å². The number of carbonyl (C=O) groups is 2. The zero-order valence-electron chi connectivity index (χ0n) is 16.1. The highest BCUT2D eigenvalue weighted by molar-refractivity contribution is 5.96. The van der Waals surface area contributed by atoms with E-state index in [-0.39, 0.29) is 29.2 Å². The molecule has 2 saturated heterocycles. The molecule has 0 aromatic carbocycles. The molecule has 5 nitrogen and oxygen atoms in total. The molecule has 2 aliphatic heterocycles. The van der Waals surface area contributed by atoms with Gasteiger partial charge in [0.1, 0.15) is 11.5 Å². The lowest BCUT2D eigenvalue weighted by Crippen LogP contribution is -2.52. The largest absolute Gasteiger partial charge is 0.465 e. The topological polar surface area (TPSA) is 53.8 Å². The Morgan fingerprint density at radius 1 is 1.20 bits per heavy atom. The summed E-state index contributed by atoms with van der Waals surface area (Å²) in [7, 11) is 0. The molecule has 1 unspecified atom stereocenters. The van der Waals surface area contributed by atoms with Crippen LogP contribution in [-0.2, 0) is 4.79 Å². The van der Waals surface area contributed by atoms with Crippen LogP contribution in [0.3, 0.4) is 0 Å². The van der Waals surface area contributed by atoms with Crippen LogP contribution in [0.2, 0.25) is 0 Å². The van der Waals surface area contributed by atoms with Crippen LogP contribution in [0.4, 0.5) is 0 Å². The number of aryl methyl sites for hydroxylation is 1. The number of hydrogen-bond acceptors (Lipinski definition) is 3. The zero-order chi connectivity index (χ0) is 18.4. The van der Waals surface area contributed by atoms with Crippen molar-refractivity contribution in [2.45, 2.75) is 65.8 Å². The van der Waals surface area contributed by atoms with Gasteiger partial charge in [0.2, 0.25) is 5.91 Å². The average Bonchev–Trinajstić information content (AvgIpc) is 3.14. The van der Waals surface area contributed by atoms with E-state index < -0.39 is 0 Å². The number of amides is 2. The molecule has 3 heterocycles. The molecule has 1 spiro atoms. The molecule has 2 aliphatic rings. The second-order valence-electron chi connectivity index (χ2n) is 8.23. The average molecular weight is 346 g/mol. The second-order valence-corrected chi connectivity index (χ2v) is 8.23. The SMILES string of the molecule is Cc1oc(C(C)C)cc1C(=O)N1CCC2(CCCN(C(C)C)C2=O)C1. The maximum Gasteiger partial charge on any atom is 0.257 e. The zero-order valence-corrected chi connectivity index (χ0v) is 16.1. The first-order valence-corrected chi connectivity index (χ1v) is 9.46. The molecule has 0 bridgehead atoms. The minimum absolute atomic E-state index is 0.000467. The Morgan fingerprint density at radius 2 is 1.92 bits per heavy atom. The molecule has 0 radical (unpaired) electrons. The summed E-state index contributed by atoms with van der Waals surface area (Å²) in [6.07, 6.45) is 2.68. The van der Waals surface area contributed by atoms with Gasteiger partial charge in [0.25, 0.3) is 5.91 Å². The molecule has 0 aliphatic carbocycles. The molecular weight excluding hydrogens is 316 g/mol. The van der Waals surface area contributed by atoms with E-state index in [0.29, 0.717) is 24.4 Å². The molecule has 25 heavy (non-hydrogen) atoms. The predicted octanol–water partition coefficient (Wildman–Crippen LogP) is 3.57. The van der Waals surface area contributed by atoms with E-state index in [4.69, 9.17) is 4.42 Å². The second kappa shape index (κ2) is 6.50. The van der Waals surface area contributed by atoms with Gasteiger partial charge in [-0.15, -0.1) is 0 Å². The van der Waals surface area contributed by atoms with E-state index in [2.05, 4.69) is 27.7 Å². The lowest BCUT2D eigenvalue weighted by atomic mass is 9.78. The summed E-state index contributed by atoms with van der Waals surface area (Å²) in [6.45, 7) is 12.1. The summed E-state index contributed by atoms with van der Waals surface area (Å²) in [4.78, 5) is 29.9. The van der Waals surface area contributed by atoms with Crippen LogP contribution in [0.15, 0.2) is 10.5 Å². The van der Waals surface area contributed by atoms with Crippen molar-refractivity contribution in [3.05, 3.63) is 23.2 Å². The lowest BCUT2D eigenvalue weighted by molar-refractivity contribution is -0.147. The highest BCUT2D eigenvalue weighted by Crippen LogP contribution is 2.41. The summed E-state index contributed by atoms with van der Waals surface area (Å²) >= 11 is 0. The van der Waals surface area contributed by atoms with Gasteiger partial charge in [0, 0.05) is 31.6 Å². The Labute approximate surface area is 150 Å². The first-order valence-electron chi connectivity index (χ1n) is 9.46. The van der Waals surface area contributed by atoms with Crippen LogP contribution in [0.25, 0.3) is 0 Å². The fourth-order valence-corrected chi connectivity index (χ4v) is 4.19. The van der Waals surface area contributed by atoms with Crippen LogP contribution in [-0.4, -0.2) is 47.3 Å². The van der Waals surface area contributed by atoms with Crippen LogP contribution < -0.4 is 0 Å². The van der Waals surface area contributed by atoms with Crippen molar-refractivity contribution in [3.8, 4) is 0 Å². The third-order valence-electron chi connectivity index (χ3n) is 5.77. The molecule has 1 aromatic rings. The van der Waals surface area contributed by atoms with Crippen molar-refractivity contribution >= 4 is 11.8 Å². The first kappa shape index (κ1) is 18.0. The summed E-state index contributed by atoms with van der Waals surface area (Å²) in [5.74, 6) is 2.00. The molecule has 3 rings (SSSR count). The quantitative estimate of drug-likeness (QED) is 0.841.